The first-order valence-electron chi connectivity index (χ1n) is 18.1. The Bertz CT molecular complexity index is 1550. The van der Waals surface area contributed by atoms with Crippen LogP contribution in [0.2, 0.25) is 0 Å². The monoisotopic (exact) mass is 757 g/mol. The molecule has 0 unspecified atom stereocenters. The Morgan fingerprint density at radius 2 is 0.958 bits per heavy atom. The summed E-state index contributed by atoms with van der Waals surface area (Å²) < 4.78 is 13.6. The number of amides is 2. The molecule has 0 aliphatic heterocycles. The van der Waals surface area contributed by atoms with E-state index in [0.29, 0.717) is 21.1 Å². The molecule has 48 heavy (non-hydrogen) atoms. The van der Waals surface area contributed by atoms with Crippen LogP contribution in [-0.4, -0.2) is 11.8 Å². The Balaban J connectivity index is 1.39. The Hall–Kier alpha value is -3.45. The Kier molecular flexibility index (Phi) is 16.7. The van der Waals surface area contributed by atoms with E-state index in [2.05, 4.69) is 12.2 Å². The zero-order chi connectivity index (χ0) is 33.8. The van der Waals surface area contributed by atoms with E-state index in [-0.39, 0.29) is 5.91 Å². The minimum absolute atomic E-state index is 0.282. The van der Waals surface area contributed by atoms with E-state index < -0.39 is 27.1 Å². The van der Waals surface area contributed by atoms with Gasteiger partial charge in [0.05, 0.1) is 9.13 Å². The quantitative estimate of drug-likeness (QED) is 0.0680. The lowest BCUT2D eigenvalue weighted by molar-refractivity contribution is -0.120. The van der Waals surface area contributed by atoms with Crippen molar-refractivity contribution in [2.75, 3.05) is 0 Å². The molecule has 0 atom stereocenters. The number of benzene rings is 4. The molecule has 4 rings (SSSR count). The molecular formula is C43H52INO3. The van der Waals surface area contributed by atoms with Gasteiger partial charge >= 0.3 is 0 Å². The largest absolute Gasteiger partial charge is 0.292 e. The minimum Gasteiger partial charge on any atom is -0.292 e. The Morgan fingerprint density at radius 1 is 0.542 bits per heavy atom. The molecule has 4 nitrogen and oxygen atoms in total. The van der Waals surface area contributed by atoms with Gasteiger partial charge in [-0.1, -0.05) is 188 Å². The maximum atomic E-state index is 14.1. The van der Waals surface area contributed by atoms with Gasteiger partial charge in [0.15, 0.2) is 21.2 Å². The summed E-state index contributed by atoms with van der Waals surface area (Å²) in [5.41, 5.74) is 5.33. The molecule has 2 amide bonds. The number of nitrogens with one attached hydrogen (secondary N) is 1. The van der Waals surface area contributed by atoms with Gasteiger partial charge in [-0.15, -0.1) is 0 Å². The standard InChI is InChI=1S/C43H52INO3/c1-2-3-4-5-6-7-8-9-10-11-12-13-14-15-25-32-39(46)45-43(47)41-40(36-30-23-18-24-31-36)37(34-26-19-16-20-27-34)33-38(42(41)44-48)35-28-21-17-22-29-35/h16-24,26-31,33H,2-15,25,32H2,1H3,(H,45,46,47). The van der Waals surface area contributed by atoms with Gasteiger partial charge in [0, 0.05) is 12.0 Å². The molecule has 0 aromatic heterocycles. The van der Waals surface area contributed by atoms with Gasteiger partial charge in [0.2, 0.25) is 5.91 Å². The second-order valence-electron chi connectivity index (χ2n) is 12.8. The SMILES string of the molecule is CCCCCCCCCCCCCCCCCC(=O)NC(=O)c1c(I=O)c(-c2ccccc2)cc(-c2ccccc2)c1-c1ccccc1. The van der Waals surface area contributed by atoms with Crippen LogP contribution in [0.3, 0.4) is 0 Å². The van der Waals surface area contributed by atoms with Crippen molar-refractivity contribution >= 4 is 33.0 Å². The number of imide groups is 1. The molecule has 0 aliphatic rings. The van der Waals surface area contributed by atoms with Crippen molar-refractivity contribution in [1.82, 2.24) is 5.32 Å². The van der Waals surface area contributed by atoms with E-state index >= 15 is 0 Å². The number of rotatable bonds is 21. The summed E-state index contributed by atoms with van der Waals surface area (Å²) in [5.74, 6) is -0.768. The van der Waals surface area contributed by atoms with Crippen molar-refractivity contribution < 1.29 is 12.7 Å². The molecule has 0 radical (unpaired) electrons. The van der Waals surface area contributed by atoms with Crippen LogP contribution >= 0.6 is 21.2 Å². The van der Waals surface area contributed by atoms with Crippen LogP contribution in [0.15, 0.2) is 97.1 Å². The molecule has 0 saturated carbocycles. The highest BCUT2D eigenvalue weighted by Gasteiger charge is 2.27. The first-order chi connectivity index (χ1) is 23.6. The number of carbonyl (C=O) groups is 2. The summed E-state index contributed by atoms with van der Waals surface area (Å²) in [6.45, 7) is 2.27. The normalized spacial score (nSPS) is 11.0. The summed E-state index contributed by atoms with van der Waals surface area (Å²) >= 11 is -1.76. The van der Waals surface area contributed by atoms with Crippen molar-refractivity contribution in [1.29, 1.82) is 0 Å². The second kappa shape index (κ2) is 21.5. The van der Waals surface area contributed by atoms with Gasteiger partial charge < -0.3 is 0 Å². The predicted octanol–water partition coefficient (Wildman–Crippen LogP) is 12.7. The third kappa shape index (κ3) is 11.6. The van der Waals surface area contributed by atoms with E-state index in [1.54, 1.807) is 0 Å². The van der Waals surface area contributed by atoms with Crippen LogP contribution in [0, 0.1) is 3.57 Å². The zero-order valence-electron chi connectivity index (χ0n) is 28.7. The van der Waals surface area contributed by atoms with E-state index in [9.17, 15) is 12.7 Å². The zero-order valence-corrected chi connectivity index (χ0v) is 30.8. The van der Waals surface area contributed by atoms with Crippen LogP contribution in [0.4, 0.5) is 0 Å². The molecule has 0 fully saturated rings. The third-order valence-corrected chi connectivity index (χ3v) is 10.6. The number of hydrogen-bond donors (Lipinski definition) is 1. The molecule has 1 N–H and O–H groups in total. The van der Waals surface area contributed by atoms with Gasteiger partial charge in [-0.05, 0) is 40.3 Å². The van der Waals surface area contributed by atoms with E-state index in [1.807, 2.05) is 97.1 Å². The molecular weight excluding hydrogens is 705 g/mol. The fourth-order valence-corrected chi connectivity index (χ4v) is 7.88. The third-order valence-electron chi connectivity index (χ3n) is 9.06. The smallest absolute Gasteiger partial charge is 0.259 e. The van der Waals surface area contributed by atoms with Crippen LogP contribution < -0.4 is 5.32 Å². The Morgan fingerprint density at radius 3 is 1.42 bits per heavy atom. The number of halogens is 1. The topological polar surface area (TPSA) is 63.2 Å². The highest BCUT2D eigenvalue weighted by molar-refractivity contribution is 14.1. The number of hydrogen-bond acceptors (Lipinski definition) is 3. The molecule has 0 heterocycles. The van der Waals surface area contributed by atoms with Gasteiger partial charge in [0.25, 0.3) is 5.91 Å². The summed E-state index contributed by atoms with van der Waals surface area (Å²) in [4.78, 5) is 27.2. The lowest BCUT2D eigenvalue weighted by Crippen LogP contribution is -2.31. The van der Waals surface area contributed by atoms with Crippen LogP contribution in [0.5, 0.6) is 0 Å². The number of unbranched alkanes of at least 4 members (excludes halogenated alkanes) is 14. The van der Waals surface area contributed by atoms with Gasteiger partial charge in [-0.25, -0.2) is 0 Å². The molecule has 0 saturated heterocycles. The van der Waals surface area contributed by atoms with Crippen molar-refractivity contribution in [3.8, 4) is 33.4 Å². The molecule has 254 valence electrons. The van der Waals surface area contributed by atoms with Crippen LogP contribution in [-0.2, 0) is 7.86 Å². The van der Waals surface area contributed by atoms with Gasteiger partial charge in [0.1, 0.15) is 0 Å². The van der Waals surface area contributed by atoms with E-state index in [0.717, 1.165) is 47.1 Å². The average Bonchev–Trinajstić information content (AvgIpc) is 3.13. The average molecular weight is 758 g/mol. The summed E-state index contributed by atoms with van der Waals surface area (Å²) in [6, 6.07) is 31.5. The van der Waals surface area contributed by atoms with Gasteiger partial charge in [-0.2, -0.15) is 0 Å². The van der Waals surface area contributed by atoms with E-state index in [4.69, 9.17) is 0 Å². The fourth-order valence-electron chi connectivity index (χ4n) is 6.44. The molecule has 0 bridgehead atoms. The molecule has 0 spiro atoms. The lowest BCUT2D eigenvalue weighted by Gasteiger charge is -2.20. The van der Waals surface area contributed by atoms with E-state index in [1.165, 1.54) is 77.0 Å². The summed E-state index contributed by atoms with van der Waals surface area (Å²) in [6.07, 6.45) is 19.2. The molecule has 4 aromatic carbocycles. The first kappa shape index (κ1) is 37.4. The molecule has 0 aliphatic carbocycles. The second-order valence-corrected chi connectivity index (χ2v) is 14.3. The fraction of sp³-hybridized carbons (Fsp3) is 0.395. The van der Waals surface area contributed by atoms with Crippen molar-refractivity contribution in [2.45, 2.75) is 110 Å². The summed E-state index contributed by atoms with van der Waals surface area (Å²) in [7, 11) is 0. The van der Waals surface area contributed by atoms with Crippen LogP contribution in [0.25, 0.3) is 33.4 Å². The highest BCUT2D eigenvalue weighted by atomic mass is 127. The highest BCUT2D eigenvalue weighted by Crippen LogP contribution is 2.43. The maximum Gasteiger partial charge on any atom is 0.259 e. The van der Waals surface area contributed by atoms with Gasteiger partial charge in [-0.3, -0.25) is 18.0 Å². The van der Waals surface area contributed by atoms with Crippen molar-refractivity contribution in [2.24, 2.45) is 0 Å². The maximum absolute atomic E-state index is 14.1. The Labute approximate surface area is 298 Å². The lowest BCUT2D eigenvalue weighted by atomic mass is 9.86. The minimum atomic E-state index is -1.76. The van der Waals surface area contributed by atoms with Crippen molar-refractivity contribution in [3.63, 3.8) is 0 Å². The van der Waals surface area contributed by atoms with Crippen LogP contribution in [0.1, 0.15) is 120 Å². The summed E-state index contributed by atoms with van der Waals surface area (Å²) in [5, 5.41) is 2.69. The van der Waals surface area contributed by atoms with Crippen molar-refractivity contribution in [3.05, 3.63) is 106 Å². The molecule has 4 aromatic rings. The first-order valence-corrected chi connectivity index (χ1v) is 20.1. The number of carbonyl (C=O) groups excluding carboxylic acids is 2. The molecule has 5 heteroatoms. The predicted molar refractivity (Wildman–Crippen MR) is 208 cm³/mol.